The van der Waals surface area contributed by atoms with E-state index in [9.17, 15) is 30.6 Å². The van der Waals surface area contributed by atoms with Crippen LogP contribution in [0.3, 0.4) is 0 Å². The van der Waals surface area contributed by atoms with Crippen LogP contribution in [0.2, 0.25) is 0 Å². The molecule has 142 valence electrons. The number of methoxy groups -OCH3 is 1. The van der Waals surface area contributed by atoms with E-state index in [4.69, 9.17) is 24.1 Å². The molecular weight excluding hydrogens is 332 g/mol. The van der Waals surface area contributed by atoms with Crippen molar-refractivity contribution in [3.05, 3.63) is 0 Å². The molecular formula is C13H24O11. The molecule has 0 bridgehead atoms. The van der Waals surface area contributed by atoms with E-state index >= 15 is 0 Å². The lowest BCUT2D eigenvalue weighted by molar-refractivity contribution is -0.357. The molecule has 2 fully saturated rings. The molecule has 10 atom stereocenters. The second kappa shape index (κ2) is 8.29. The largest absolute Gasteiger partial charge is 0.394 e. The lowest BCUT2D eigenvalue weighted by atomic mass is 9.97. The van der Waals surface area contributed by atoms with Crippen molar-refractivity contribution in [2.24, 2.45) is 0 Å². The van der Waals surface area contributed by atoms with Crippen LogP contribution in [0.1, 0.15) is 0 Å². The smallest absolute Gasteiger partial charge is 0.187 e. The maximum Gasteiger partial charge on any atom is 0.187 e. The zero-order chi connectivity index (χ0) is 18.0. The third-order valence-electron chi connectivity index (χ3n) is 4.23. The van der Waals surface area contributed by atoms with Crippen molar-refractivity contribution in [2.45, 2.75) is 61.4 Å². The topological polar surface area (TPSA) is 179 Å². The molecule has 0 unspecified atom stereocenters. The Morgan fingerprint density at radius 2 is 1.33 bits per heavy atom. The van der Waals surface area contributed by atoms with Gasteiger partial charge in [0.2, 0.25) is 0 Å². The summed E-state index contributed by atoms with van der Waals surface area (Å²) in [5.74, 6) is 0. The monoisotopic (exact) mass is 356 g/mol. The fraction of sp³-hybridized carbons (Fsp3) is 1.00. The number of aliphatic hydroxyl groups is 7. The summed E-state index contributed by atoms with van der Waals surface area (Å²) in [7, 11) is 1.23. The summed E-state index contributed by atoms with van der Waals surface area (Å²) in [5, 5.41) is 67.9. The molecule has 0 spiro atoms. The first-order valence-corrected chi connectivity index (χ1v) is 7.46. The lowest BCUT2D eigenvalue weighted by Gasteiger charge is -2.45. The maximum absolute atomic E-state index is 10.2. The Hall–Kier alpha value is -0.440. The zero-order valence-electron chi connectivity index (χ0n) is 13.0. The van der Waals surface area contributed by atoms with Gasteiger partial charge < -0.3 is 54.7 Å². The van der Waals surface area contributed by atoms with Crippen LogP contribution in [0.5, 0.6) is 0 Å². The Balaban J connectivity index is 2.16. The normalized spacial score (nSPS) is 50.0. The van der Waals surface area contributed by atoms with Crippen molar-refractivity contribution in [1.29, 1.82) is 0 Å². The minimum Gasteiger partial charge on any atom is -0.394 e. The Morgan fingerprint density at radius 1 is 0.750 bits per heavy atom. The Morgan fingerprint density at radius 3 is 1.88 bits per heavy atom. The van der Waals surface area contributed by atoms with Gasteiger partial charge in [-0.05, 0) is 0 Å². The molecule has 0 aromatic rings. The van der Waals surface area contributed by atoms with Crippen molar-refractivity contribution in [2.75, 3.05) is 20.3 Å². The van der Waals surface area contributed by atoms with Crippen molar-refractivity contribution in [1.82, 2.24) is 0 Å². The minimum atomic E-state index is -1.68. The van der Waals surface area contributed by atoms with Gasteiger partial charge in [0.1, 0.15) is 48.8 Å². The van der Waals surface area contributed by atoms with Gasteiger partial charge in [0.15, 0.2) is 12.6 Å². The van der Waals surface area contributed by atoms with E-state index in [1.54, 1.807) is 0 Å². The van der Waals surface area contributed by atoms with Gasteiger partial charge in [0.25, 0.3) is 0 Å². The highest BCUT2D eigenvalue weighted by molar-refractivity contribution is 4.94. The quantitative estimate of drug-likeness (QED) is 0.251. The number of rotatable bonds is 5. The summed E-state index contributed by atoms with van der Waals surface area (Å²) in [6.07, 6.45) is -14.2. The lowest BCUT2D eigenvalue weighted by Crippen LogP contribution is -2.64. The Labute approximate surface area is 137 Å². The maximum atomic E-state index is 10.2. The fourth-order valence-electron chi connectivity index (χ4n) is 2.80. The van der Waals surface area contributed by atoms with Gasteiger partial charge >= 0.3 is 0 Å². The number of aliphatic hydroxyl groups excluding tert-OH is 7. The summed E-state index contributed by atoms with van der Waals surface area (Å²) in [5.41, 5.74) is 0. The number of hydrogen-bond acceptors (Lipinski definition) is 11. The molecule has 2 saturated heterocycles. The summed E-state index contributed by atoms with van der Waals surface area (Å²) in [6.45, 7) is -1.25. The summed E-state index contributed by atoms with van der Waals surface area (Å²) in [6, 6.07) is 0. The van der Waals surface area contributed by atoms with Crippen LogP contribution < -0.4 is 0 Å². The Bertz CT molecular complexity index is 394. The SMILES string of the molecule is CO[C@@H]1[C@@H](O[C@@H]2O[C@H](CO)[C@H](O)[C@H](O)[C@H]2O)[C@@H](O)[C@@H](CO)O[C@H]1O. The van der Waals surface area contributed by atoms with Crippen molar-refractivity contribution < 1.29 is 54.7 Å². The van der Waals surface area contributed by atoms with Crippen LogP contribution >= 0.6 is 0 Å². The van der Waals surface area contributed by atoms with Crippen LogP contribution in [0.15, 0.2) is 0 Å². The average molecular weight is 356 g/mol. The molecule has 7 N–H and O–H groups in total. The summed E-state index contributed by atoms with van der Waals surface area (Å²) in [4.78, 5) is 0. The summed E-state index contributed by atoms with van der Waals surface area (Å²) < 4.78 is 20.6. The van der Waals surface area contributed by atoms with Gasteiger partial charge in [-0.15, -0.1) is 0 Å². The molecule has 2 aliphatic rings. The van der Waals surface area contributed by atoms with Gasteiger partial charge in [-0.25, -0.2) is 0 Å². The number of ether oxygens (including phenoxy) is 4. The molecule has 0 aromatic carbocycles. The Kier molecular flexibility index (Phi) is 6.87. The molecule has 2 heterocycles. The van der Waals surface area contributed by atoms with Crippen LogP contribution in [0, 0.1) is 0 Å². The molecule has 24 heavy (non-hydrogen) atoms. The predicted octanol–water partition coefficient (Wildman–Crippen LogP) is -4.74. The van der Waals surface area contributed by atoms with E-state index in [0.29, 0.717) is 0 Å². The number of hydrogen-bond donors (Lipinski definition) is 7. The summed E-state index contributed by atoms with van der Waals surface area (Å²) >= 11 is 0. The van der Waals surface area contributed by atoms with Gasteiger partial charge in [0.05, 0.1) is 13.2 Å². The van der Waals surface area contributed by atoms with Gasteiger partial charge in [-0.1, -0.05) is 0 Å². The van der Waals surface area contributed by atoms with E-state index in [0.717, 1.165) is 0 Å². The zero-order valence-corrected chi connectivity index (χ0v) is 13.0. The van der Waals surface area contributed by atoms with E-state index in [1.165, 1.54) is 7.11 Å². The average Bonchev–Trinajstić information content (AvgIpc) is 2.58. The predicted molar refractivity (Wildman–Crippen MR) is 73.4 cm³/mol. The second-order valence-corrected chi connectivity index (χ2v) is 5.74. The molecule has 2 rings (SSSR count). The van der Waals surface area contributed by atoms with Gasteiger partial charge in [-0.2, -0.15) is 0 Å². The fourth-order valence-corrected chi connectivity index (χ4v) is 2.80. The molecule has 11 nitrogen and oxygen atoms in total. The first-order valence-electron chi connectivity index (χ1n) is 7.46. The van der Waals surface area contributed by atoms with Crippen molar-refractivity contribution in [3.8, 4) is 0 Å². The molecule has 0 amide bonds. The van der Waals surface area contributed by atoms with E-state index in [2.05, 4.69) is 0 Å². The molecule has 0 radical (unpaired) electrons. The van der Waals surface area contributed by atoms with Crippen molar-refractivity contribution >= 4 is 0 Å². The highest BCUT2D eigenvalue weighted by Crippen LogP contribution is 2.29. The second-order valence-electron chi connectivity index (χ2n) is 5.74. The highest BCUT2D eigenvalue weighted by atomic mass is 16.7. The van der Waals surface area contributed by atoms with E-state index in [1.807, 2.05) is 0 Å². The van der Waals surface area contributed by atoms with Crippen LogP contribution in [0.25, 0.3) is 0 Å². The first kappa shape index (κ1) is 19.9. The third kappa shape index (κ3) is 3.71. The van der Waals surface area contributed by atoms with E-state index in [-0.39, 0.29) is 0 Å². The van der Waals surface area contributed by atoms with Crippen LogP contribution in [-0.2, 0) is 18.9 Å². The molecule has 0 aromatic heterocycles. The molecule has 2 aliphatic heterocycles. The van der Waals surface area contributed by atoms with Gasteiger partial charge in [-0.3, -0.25) is 0 Å². The molecule has 0 aliphatic carbocycles. The highest BCUT2D eigenvalue weighted by Gasteiger charge is 2.50. The third-order valence-corrected chi connectivity index (χ3v) is 4.23. The van der Waals surface area contributed by atoms with Crippen molar-refractivity contribution in [3.63, 3.8) is 0 Å². The van der Waals surface area contributed by atoms with E-state index < -0.39 is 74.6 Å². The first-order chi connectivity index (χ1) is 11.3. The minimum absolute atomic E-state index is 0.608. The van der Waals surface area contributed by atoms with Crippen LogP contribution in [0.4, 0.5) is 0 Å². The standard InChI is InChI=1S/C13H24O11/c1-21-11-10(7(17)5(3-15)22-12(11)20)24-13-9(19)8(18)6(16)4(2-14)23-13/h4-20H,2-3H2,1H3/t4-,5-,6+,7+,8+,9-,10+,11-,12-,13+/m1/s1. The van der Waals surface area contributed by atoms with Crippen LogP contribution in [-0.4, -0.2) is 117 Å². The molecule has 11 heteroatoms. The molecule has 0 saturated carbocycles. The van der Waals surface area contributed by atoms with Gasteiger partial charge in [0, 0.05) is 7.11 Å².